The number of anilines is 6. The Morgan fingerprint density at radius 2 is 0.917 bits per heavy atom. The van der Waals surface area contributed by atoms with Gasteiger partial charge in [-0.3, -0.25) is 4.98 Å². The number of aromatic nitrogens is 1. The molecule has 0 amide bonds. The minimum absolute atomic E-state index is 0.0643. The van der Waals surface area contributed by atoms with E-state index in [1.54, 1.807) is 0 Å². The van der Waals surface area contributed by atoms with Crippen molar-refractivity contribution in [2.45, 2.75) is 19.7 Å². The van der Waals surface area contributed by atoms with Crippen molar-refractivity contribution in [1.82, 2.24) is 4.98 Å². The number of hydrogen-bond donors (Lipinski definition) is 0. The van der Waals surface area contributed by atoms with Gasteiger partial charge in [-0.15, -0.1) is 0 Å². The Morgan fingerprint density at radius 3 is 1.54 bits per heavy atom. The van der Waals surface area contributed by atoms with Gasteiger partial charge in [0.15, 0.2) is 0 Å². The highest BCUT2D eigenvalue weighted by Gasteiger charge is 2.45. The number of hydrogen-bond acceptors (Lipinski definition) is 5. The summed E-state index contributed by atoms with van der Waals surface area (Å²) in [5.41, 5.74) is 15.2. The van der Waals surface area contributed by atoms with E-state index < -0.39 is 0 Å². The molecule has 0 spiro atoms. The smallest absolute Gasteiger partial charge is 0.272 e. The zero-order chi connectivity index (χ0) is 31.3. The minimum Gasteiger partial charge on any atom is -0.311 e. The number of para-hydroxylation sites is 4. The largest absolute Gasteiger partial charge is 0.311 e. The molecule has 0 N–H and O–H groups in total. The second-order valence-electron chi connectivity index (χ2n) is 12.7. The van der Waals surface area contributed by atoms with E-state index in [2.05, 4.69) is 161 Å². The van der Waals surface area contributed by atoms with E-state index in [0.717, 1.165) is 5.03 Å². The lowest BCUT2D eigenvalue weighted by atomic mass is 9.34. The van der Waals surface area contributed by atoms with Gasteiger partial charge in [0.2, 0.25) is 0 Å². The van der Waals surface area contributed by atoms with Crippen LogP contribution in [-0.4, -0.2) is 18.4 Å². The van der Waals surface area contributed by atoms with Crippen LogP contribution in [0.2, 0.25) is 0 Å². The Balaban J connectivity index is 1.13. The molecule has 7 heteroatoms. The third-order valence-electron chi connectivity index (χ3n) is 10.2. The van der Waals surface area contributed by atoms with E-state index >= 15 is 0 Å². The average molecular weight is 645 g/mol. The van der Waals surface area contributed by atoms with Gasteiger partial charge in [-0.25, -0.2) is 0 Å². The van der Waals surface area contributed by atoms with Crippen LogP contribution in [0.15, 0.2) is 171 Å². The van der Waals surface area contributed by atoms with Crippen LogP contribution in [0.5, 0.6) is 0 Å². The van der Waals surface area contributed by atoms with Crippen molar-refractivity contribution in [3.05, 3.63) is 152 Å². The summed E-state index contributed by atoms with van der Waals surface area (Å²) in [5.74, 6) is 0. The van der Waals surface area contributed by atoms with E-state index in [4.69, 9.17) is 4.98 Å². The fourth-order valence-electron chi connectivity index (χ4n) is 8.28. The van der Waals surface area contributed by atoms with E-state index in [-0.39, 0.29) is 13.4 Å². The predicted molar refractivity (Wildman–Crippen MR) is 204 cm³/mol. The lowest BCUT2D eigenvalue weighted by molar-refractivity contribution is 1.14. The monoisotopic (exact) mass is 645 g/mol. The van der Waals surface area contributed by atoms with Gasteiger partial charge in [0, 0.05) is 54.4 Å². The van der Waals surface area contributed by atoms with Crippen molar-refractivity contribution in [3.8, 4) is 0 Å². The van der Waals surface area contributed by atoms with E-state index in [0.29, 0.717) is 0 Å². The molecule has 4 aliphatic heterocycles. The molecular weight excluding hydrogens is 620 g/mol. The zero-order valence-electron chi connectivity index (χ0n) is 25.7. The molecular formula is C41H25B2N3S2. The van der Waals surface area contributed by atoms with Crippen LogP contribution in [0.3, 0.4) is 0 Å². The number of rotatable bonds is 2. The summed E-state index contributed by atoms with van der Waals surface area (Å²) in [5, 5.41) is 1.12. The molecule has 222 valence electrons. The maximum Gasteiger partial charge on any atom is 0.272 e. The second kappa shape index (κ2) is 10.2. The first-order chi connectivity index (χ1) is 23.8. The Morgan fingerprint density at radius 1 is 0.417 bits per heavy atom. The van der Waals surface area contributed by atoms with Gasteiger partial charge in [-0.05, 0) is 94.0 Å². The predicted octanol–water partition coefficient (Wildman–Crippen LogP) is 6.61. The molecule has 0 aliphatic carbocycles. The average Bonchev–Trinajstić information content (AvgIpc) is 3.14. The van der Waals surface area contributed by atoms with Gasteiger partial charge in [0.05, 0.1) is 5.03 Å². The normalized spacial score (nSPS) is 14.3. The van der Waals surface area contributed by atoms with Gasteiger partial charge in [0.25, 0.3) is 13.4 Å². The van der Waals surface area contributed by atoms with E-state index in [9.17, 15) is 0 Å². The molecule has 0 atom stereocenters. The van der Waals surface area contributed by atoms with Crippen LogP contribution in [0.1, 0.15) is 0 Å². The van der Waals surface area contributed by atoms with Crippen LogP contribution < -0.4 is 42.7 Å². The molecule has 11 rings (SSSR count). The molecule has 48 heavy (non-hydrogen) atoms. The lowest BCUT2D eigenvalue weighted by Crippen LogP contribution is -2.63. The van der Waals surface area contributed by atoms with Crippen LogP contribution in [0, 0.1) is 0 Å². The molecule has 4 aliphatic rings. The molecule has 0 unspecified atom stereocenters. The molecule has 0 fully saturated rings. The van der Waals surface area contributed by atoms with Gasteiger partial charge >= 0.3 is 0 Å². The Bertz CT molecular complexity index is 2280. The van der Waals surface area contributed by atoms with Crippen molar-refractivity contribution in [2.75, 3.05) is 9.80 Å². The fourth-order valence-corrected chi connectivity index (χ4v) is 10.6. The summed E-state index contributed by atoms with van der Waals surface area (Å²) < 4.78 is 0. The molecule has 0 saturated heterocycles. The minimum atomic E-state index is 0.0643. The molecule has 6 aromatic carbocycles. The van der Waals surface area contributed by atoms with E-state index in [1.807, 2.05) is 23.5 Å². The fraction of sp³-hybridized carbons (Fsp3) is 0. The molecule has 0 bridgehead atoms. The summed E-state index contributed by atoms with van der Waals surface area (Å²) in [7, 11) is 0. The first-order valence-corrected chi connectivity index (χ1v) is 18.0. The highest BCUT2D eigenvalue weighted by Crippen LogP contribution is 2.44. The Kier molecular flexibility index (Phi) is 5.72. The van der Waals surface area contributed by atoms with Gasteiger partial charge < -0.3 is 9.80 Å². The Labute approximate surface area is 288 Å². The SMILES string of the molecule is c1ccc(N2c3ccccc3B3c4cc5c(nc4Sc4cccc2c43)B2c3ccccc3N(c3ccccc3)c3cccc(c32)S5)cc1. The standard InChI is InChI=1S/C41H25B2N3S2/c1-3-13-26(14-4-1)45-31-19-9-7-17-28(31)42-30-25-37-40(44-41(30)48-36-24-12-21-33(45)38(36)42)43-29-18-8-10-20-32(29)46(27-15-5-2-6-16-27)34-22-11-23-35(47-37)39(34)43/h1-25H. The van der Waals surface area contributed by atoms with Crippen molar-refractivity contribution >= 4 is 104 Å². The first-order valence-electron chi connectivity index (χ1n) is 16.4. The lowest BCUT2D eigenvalue weighted by Gasteiger charge is -2.41. The van der Waals surface area contributed by atoms with Crippen LogP contribution in [0.4, 0.5) is 34.1 Å². The highest BCUT2D eigenvalue weighted by molar-refractivity contribution is 8.00. The zero-order valence-corrected chi connectivity index (χ0v) is 27.4. The number of benzene rings is 6. The number of pyridine rings is 1. The first kappa shape index (κ1) is 26.9. The van der Waals surface area contributed by atoms with Crippen molar-refractivity contribution < 1.29 is 0 Å². The van der Waals surface area contributed by atoms with Crippen molar-refractivity contribution in [1.29, 1.82) is 0 Å². The molecule has 7 aromatic rings. The van der Waals surface area contributed by atoms with Crippen molar-refractivity contribution in [2.24, 2.45) is 0 Å². The molecule has 1 aromatic heterocycles. The van der Waals surface area contributed by atoms with E-state index in [1.165, 1.54) is 81.7 Å². The van der Waals surface area contributed by atoms with Crippen LogP contribution >= 0.6 is 23.5 Å². The maximum atomic E-state index is 5.69. The highest BCUT2D eigenvalue weighted by atomic mass is 32.2. The topological polar surface area (TPSA) is 19.4 Å². The third kappa shape index (κ3) is 3.69. The summed E-state index contributed by atoms with van der Waals surface area (Å²) in [6.07, 6.45) is 0. The molecule has 0 saturated carbocycles. The van der Waals surface area contributed by atoms with Gasteiger partial charge in [0.1, 0.15) is 0 Å². The summed E-state index contributed by atoms with van der Waals surface area (Å²) in [4.78, 5) is 14.4. The summed E-state index contributed by atoms with van der Waals surface area (Å²) in [6.45, 7) is 0.177. The maximum absolute atomic E-state index is 5.69. The second-order valence-corrected chi connectivity index (χ2v) is 14.8. The number of nitrogens with zero attached hydrogens (tertiary/aromatic N) is 3. The summed E-state index contributed by atoms with van der Waals surface area (Å²) >= 11 is 3.71. The number of fused-ring (bicyclic) bond motifs is 8. The van der Waals surface area contributed by atoms with Crippen molar-refractivity contribution in [3.63, 3.8) is 0 Å². The van der Waals surface area contributed by atoms with Crippen LogP contribution in [0.25, 0.3) is 0 Å². The molecule has 0 radical (unpaired) electrons. The molecule has 5 heterocycles. The molecule has 3 nitrogen and oxygen atoms in total. The van der Waals surface area contributed by atoms with Gasteiger partial charge in [-0.1, -0.05) is 108 Å². The quantitative estimate of drug-likeness (QED) is 0.197. The Hall–Kier alpha value is -5.10. The van der Waals surface area contributed by atoms with Gasteiger partial charge in [-0.2, -0.15) is 0 Å². The summed E-state index contributed by atoms with van der Waals surface area (Å²) in [6, 6.07) is 55.4. The van der Waals surface area contributed by atoms with Crippen LogP contribution in [-0.2, 0) is 0 Å². The third-order valence-corrected chi connectivity index (χ3v) is 12.4.